The second-order valence-corrected chi connectivity index (χ2v) is 6.41. The minimum absolute atomic E-state index is 0.158. The van der Waals surface area contributed by atoms with E-state index >= 15 is 0 Å². The van der Waals surface area contributed by atoms with Crippen molar-refractivity contribution in [2.45, 2.75) is 0 Å². The lowest BCUT2D eigenvalue weighted by molar-refractivity contribution is 0.937. The van der Waals surface area contributed by atoms with E-state index in [0.29, 0.717) is 20.3 Å². The summed E-state index contributed by atoms with van der Waals surface area (Å²) in [5.41, 5.74) is 1.65. The van der Waals surface area contributed by atoms with Crippen molar-refractivity contribution in [3.63, 3.8) is 0 Å². The van der Waals surface area contributed by atoms with Crippen LogP contribution in [0.3, 0.4) is 0 Å². The van der Waals surface area contributed by atoms with Crippen LogP contribution < -0.4 is 10.1 Å². The first kappa shape index (κ1) is 14.1. The fourth-order valence-electron chi connectivity index (χ4n) is 2.25. The van der Waals surface area contributed by atoms with Gasteiger partial charge in [-0.3, -0.25) is 4.79 Å². The summed E-state index contributed by atoms with van der Waals surface area (Å²) in [6.07, 6.45) is 1.82. The Hall–Kier alpha value is -2.50. The molecule has 4 rings (SSSR count). The van der Waals surface area contributed by atoms with Crippen LogP contribution in [0.25, 0.3) is 22.4 Å². The summed E-state index contributed by atoms with van der Waals surface area (Å²) in [6, 6.07) is 16.9. The molecule has 23 heavy (non-hydrogen) atoms. The van der Waals surface area contributed by atoms with Crippen molar-refractivity contribution in [1.29, 1.82) is 0 Å². The average molecular weight is 340 g/mol. The Morgan fingerprint density at radius 1 is 1.04 bits per heavy atom. The monoisotopic (exact) mass is 339 g/mol. The summed E-state index contributed by atoms with van der Waals surface area (Å²) in [4.78, 5) is 17.5. The number of fused-ring (bicyclic) bond motifs is 1. The van der Waals surface area contributed by atoms with E-state index < -0.39 is 0 Å². The Kier molecular flexibility index (Phi) is 3.44. The minimum Gasteiger partial charge on any atom is -0.266 e. The fourth-order valence-corrected chi connectivity index (χ4v) is 3.29. The molecule has 0 atom stereocenters. The predicted molar refractivity (Wildman–Crippen MR) is 92.8 cm³/mol. The second-order valence-electron chi connectivity index (χ2n) is 4.96. The summed E-state index contributed by atoms with van der Waals surface area (Å²) < 4.78 is 1.95. The normalized spacial score (nSPS) is 12.1. The molecule has 0 spiro atoms. The molecule has 0 saturated heterocycles. The zero-order chi connectivity index (χ0) is 15.8. The standard InChI is InChI=1S/C17H10ClN3OS/c18-13-8-6-11(7-9-13)10-14-16(22)21-17(23-14)19-15(20-21)12-4-2-1-3-5-12/h1-10H. The summed E-state index contributed by atoms with van der Waals surface area (Å²) in [7, 11) is 0. The zero-order valence-electron chi connectivity index (χ0n) is 11.8. The maximum absolute atomic E-state index is 12.5. The molecule has 0 bridgehead atoms. The van der Waals surface area contributed by atoms with Crippen LogP contribution in [0.5, 0.6) is 0 Å². The van der Waals surface area contributed by atoms with E-state index in [0.717, 1.165) is 11.1 Å². The molecule has 0 aliphatic heterocycles. The molecule has 0 saturated carbocycles. The van der Waals surface area contributed by atoms with Crippen molar-refractivity contribution < 1.29 is 0 Å². The van der Waals surface area contributed by atoms with Gasteiger partial charge in [-0.05, 0) is 23.8 Å². The van der Waals surface area contributed by atoms with Gasteiger partial charge in [0.15, 0.2) is 5.82 Å². The summed E-state index contributed by atoms with van der Waals surface area (Å²) >= 11 is 7.20. The van der Waals surface area contributed by atoms with Gasteiger partial charge >= 0.3 is 0 Å². The molecule has 0 radical (unpaired) electrons. The topological polar surface area (TPSA) is 47.3 Å². The molecule has 0 fully saturated rings. The molecule has 0 unspecified atom stereocenters. The molecular weight excluding hydrogens is 330 g/mol. The van der Waals surface area contributed by atoms with E-state index in [2.05, 4.69) is 10.1 Å². The van der Waals surface area contributed by atoms with E-state index in [1.54, 1.807) is 12.1 Å². The van der Waals surface area contributed by atoms with Crippen LogP contribution in [0.15, 0.2) is 59.4 Å². The van der Waals surface area contributed by atoms with Crippen molar-refractivity contribution in [1.82, 2.24) is 14.6 Å². The van der Waals surface area contributed by atoms with Crippen LogP contribution in [0.2, 0.25) is 5.02 Å². The number of hydrogen-bond acceptors (Lipinski definition) is 4. The minimum atomic E-state index is -0.158. The number of nitrogens with zero attached hydrogens (tertiary/aromatic N) is 3. The van der Waals surface area contributed by atoms with Crippen molar-refractivity contribution in [2.24, 2.45) is 0 Å². The Bertz CT molecular complexity index is 1080. The molecule has 0 amide bonds. The maximum atomic E-state index is 12.5. The van der Waals surface area contributed by atoms with E-state index in [-0.39, 0.29) is 5.56 Å². The molecule has 4 aromatic rings. The fraction of sp³-hybridized carbons (Fsp3) is 0. The molecule has 112 valence electrons. The lowest BCUT2D eigenvalue weighted by atomic mass is 10.2. The Balaban J connectivity index is 1.82. The Labute approximate surface area is 140 Å². The van der Waals surface area contributed by atoms with Crippen LogP contribution >= 0.6 is 22.9 Å². The van der Waals surface area contributed by atoms with Gasteiger partial charge in [0.2, 0.25) is 4.96 Å². The molecule has 4 nitrogen and oxygen atoms in total. The van der Waals surface area contributed by atoms with Gasteiger partial charge in [0.25, 0.3) is 5.56 Å². The summed E-state index contributed by atoms with van der Waals surface area (Å²) in [6.45, 7) is 0. The van der Waals surface area contributed by atoms with Gasteiger partial charge in [-0.15, -0.1) is 5.10 Å². The van der Waals surface area contributed by atoms with Crippen LogP contribution in [0.1, 0.15) is 5.56 Å². The second kappa shape index (κ2) is 5.61. The summed E-state index contributed by atoms with van der Waals surface area (Å²) in [5, 5.41) is 4.99. The molecule has 0 aliphatic carbocycles. The van der Waals surface area contributed by atoms with Crippen molar-refractivity contribution >= 4 is 34.0 Å². The van der Waals surface area contributed by atoms with Gasteiger partial charge in [-0.2, -0.15) is 9.50 Å². The number of aromatic nitrogens is 3. The highest BCUT2D eigenvalue weighted by molar-refractivity contribution is 7.15. The van der Waals surface area contributed by atoms with Gasteiger partial charge < -0.3 is 0 Å². The van der Waals surface area contributed by atoms with Gasteiger partial charge in [-0.1, -0.05) is 65.4 Å². The number of rotatable bonds is 2. The summed E-state index contributed by atoms with van der Waals surface area (Å²) in [5.74, 6) is 0.562. The SMILES string of the molecule is O=c1c(=Cc2ccc(Cl)cc2)sc2nc(-c3ccccc3)nn12. The van der Waals surface area contributed by atoms with Gasteiger partial charge in [0, 0.05) is 10.6 Å². The van der Waals surface area contributed by atoms with Crippen LogP contribution in [-0.4, -0.2) is 14.6 Å². The zero-order valence-corrected chi connectivity index (χ0v) is 13.4. The van der Waals surface area contributed by atoms with Crippen molar-refractivity contribution in [2.75, 3.05) is 0 Å². The predicted octanol–water partition coefficient (Wildman–Crippen LogP) is 3.02. The van der Waals surface area contributed by atoms with E-state index in [9.17, 15) is 4.79 Å². The first-order chi connectivity index (χ1) is 11.2. The van der Waals surface area contributed by atoms with Gasteiger partial charge in [0.05, 0.1) is 4.53 Å². The lowest BCUT2D eigenvalue weighted by Crippen LogP contribution is -2.23. The third-order valence-corrected chi connectivity index (χ3v) is 4.59. The van der Waals surface area contributed by atoms with E-state index in [4.69, 9.17) is 11.6 Å². The lowest BCUT2D eigenvalue weighted by Gasteiger charge is -1.92. The van der Waals surface area contributed by atoms with Crippen LogP contribution in [0, 0.1) is 0 Å². The van der Waals surface area contributed by atoms with E-state index in [1.807, 2.05) is 48.5 Å². The van der Waals surface area contributed by atoms with Gasteiger partial charge in [0.1, 0.15) is 0 Å². The first-order valence-corrected chi connectivity index (χ1v) is 8.12. The Morgan fingerprint density at radius 3 is 2.48 bits per heavy atom. The van der Waals surface area contributed by atoms with Crippen LogP contribution in [0.4, 0.5) is 0 Å². The highest BCUT2D eigenvalue weighted by Crippen LogP contribution is 2.15. The molecular formula is C17H10ClN3OS. The molecule has 0 aliphatic rings. The largest absolute Gasteiger partial charge is 0.291 e. The third-order valence-electron chi connectivity index (χ3n) is 3.38. The quantitative estimate of drug-likeness (QED) is 0.564. The molecule has 6 heteroatoms. The number of hydrogen-bond donors (Lipinski definition) is 0. The third kappa shape index (κ3) is 2.65. The van der Waals surface area contributed by atoms with Crippen molar-refractivity contribution in [3.05, 3.63) is 80.1 Å². The molecule has 2 aromatic carbocycles. The first-order valence-electron chi connectivity index (χ1n) is 6.93. The van der Waals surface area contributed by atoms with Crippen molar-refractivity contribution in [3.8, 4) is 11.4 Å². The Morgan fingerprint density at radius 2 is 1.78 bits per heavy atom. The number of halogens is 1. The smallest absolute Gasteiger partial charge is 0.266 e. The number of benzene rings is 2. The molecule has 2 aromatic heterocycles. The maximum Gasteiger partial charge on any atom is 0.291 e. The number of thiazole rings is 1. The van der Waals surface area contributed by atoms with E-state index in [1.165, 1.54) is 15.9 Å². The van der Waals surface area contributed by atoms with Crippen LogP contribution in [-0.2, 0) is 0 Å². The highest BCUT2D eigenvalue weighted by Gasteiger charge is 2.11. The molecule has 2 heterocycles. The highest BCUT2D eigenvalue weighted by atomic mass is 35.5. The molecule has 0 N–H and O–H groups in total. The average Bonchev–Trinajstić information content (AvgIpc) is 3.11. The van der Waals surface area contributed by atoms with Gasteiger partial charge in [-0.25, -0.2) is 0 Å².